The fraction of sp³-hybridized carbons (Fsp3) is 0.316. The van der Waals surface area contributed by atoms with Crippen LogP contribution in [-0.4, -0.2) is 58.3 Å². The number of pyridine rings is 1. The molecule has 0 radical (unpaired) electrons. The summed E-state index contributed by atoms with van der Waals surface area (Å²) in [6.45, 7) is 3.77. The number of carbonyl (C=O) groups is 1. The monoisotopic (exact) mass is 384 g/mol. The molecule has 8 heteroatoms. The summed E-state index contributed by atoms with van der Waals surface area (Å²) in [7, 11) is 1.83. The fourth-order valence-corrected chi connectivity index (χ4v) is 3.58. The highest BCUT2D eigenvalue weighted by molar-refractivity contribution is 6.31. The third-order valence-electron chi connectivity index (χ3n) is 4.75. The summed E-state index contributed by atoms with van der Waals surface area (Å²) >= 11 is 6.08. The Bertz CT molecular complexity index is 964. The zero-order chi connectivity index (χ0) is 18.8. The maximum Gasteiger partial charge on any atom is 0.238 e. The number of halogens is 1. The van der Waals surface area contributed by atoms with Crippen LogP contribution in [0.15, 0.2) is 42.9 Å². The van der Waals surface area contributed by atoms with Crippen LogP contribution in [0, 0.1) is 0 Å². The van der Waals surface area contributed by atoms with E-state index in [4.69, 9.17) is 11.6 Å². The summed E-state index contributed by atoms with van der Waals surface area (Å²) in [5.74, 6) is -0.0135. The molecule has 1 N–H and O–H groups in total. The van der Waals surface area contributed by atoms with Crippen molar-refractivity contribution in [2.45, 2.75) is 0 Å². The van der Waals surface area contributed by atoms with Crippen LogP contribution in [0.25, 0.3) is 10.9 Å². The standard InChI is InChI=1S/C19H21ClN6O/c1-24-12-15(11-22-24)23-19(27)13-25-6-8-26(9-7-25)18-4-5-21-17-10-14(20)2-3-16(17)18/h2-5,10-12H,6-9,13H2,1H3,(H,23,27). The van der Waals surface area contributed by atoms with Gasteiger partial charge in [-0.15, -0.1) is 0 Å². The molecule has 3 heterocycles. The molecular formula is C19H21ClN6O. The molecule has 27 heavy (non-hydrogen) atoms. The number of benzene rings is 1. The first-order valence-electron chi connectivity index (χ1n) is 8.88. The number of nitrogens with zero attached hydrogens (tertiary/aromatic N) is 5. The molecule has 0 bridgehead atoms. The smallest absolute Gasteiger partial charge is 0.238 e. The molecule has 140 valence electrons. The number of nitrogens with one attached hydrogen (secondary N) is 1. The van der Waals surface area contributed by atoms with Gasteiger partial charge < -0.3 is 10.2 Å². The molecule has 1 fully saturated rings. The Labute approximate surface area is 162 Å². The van der Waals surface area contributed by atoms with Gasteiger partial charge in [0, 0.05) is 61.7 Å². The first-order valence-corrected chi connectivity index (χ1v) is 9.26. The van der Waals surface area contributed by atoms with E-state index < -0.39 is 0 Å². The first kappa shape index (κ1) is 17.8. The van der Waals surface area contributed by atoms with E-state index in [9.17, 15) is 4.79 Å². The largest absolute Gasteiger partial charge is 0.368 e. The Morgan fingerprint density at radius 2 is 2.04 bits per heavy atom. The van der Waals surface area contributed by atoms with Crippen LogP contribution in [0.5, 0.6) is 0 Å². The Morgan fingerprint density at radius 3 is 2.78 bits per heavy atom. The summed E-state index contributed by atoms with van der Waals surface area (Å²) in [5.41, 5.74) is 2.79. The average Bonchev–Trinajstić information content (AvgIpc) is 3.06. The highest BCUT2D eigenvalue weighted by Gasteiger charge is 2.20. The van der Waals surface area contributed by atoms with E-state index in [1.54, 1.807) is 17.1 Å². The third kappa shape index (κ3) is 4.04. The van der Waals surface area contributed by atoms with Gasteiger partial charge in [0.1, 0.15) is 0 Å². The number of rotatable bonds is 4. The van der Waals surface area contributed by atoms with Crippen LogP contribution in [0.2, 0.25) is 5.02 Å². The van der Waals surface area contributed by atoms with Crippen molar-refractivity contribution in [3.8, 4) is 0 Å². The lowest BCUT2D eigenvalue weighted by atomic mass is 10.1. The molecule has 0 saturated carbocycles. The number of carbonyl (C=O) groups excluding carboxylic acids is 1. The van der Waals surface area contributed by atoms with Crippen LogP contribution in [0.4, 0.5) is 11.4 Å². The van der Waals surface area contributed by atoms with E-state index in [0.717, 1.165) is 48.5 Å². The summed E-state index contributed by atoms with van der Waals surface area (Å²) < 4.78 is 1.67. The van der Waals surface area contributed by atoms with Gasteiger partial charge >= 0.3 is 0 Å². The van der Waals surface area contributed by atoms with E-state index in [2.05, 4.69) is 25.2 Å². The van der Waals surface area contributed by atoms with Gasteiger partial charge in [-0.1, -0.05) is 11.6 Å². The maximum absolute atomic E-state index is 12.2. The molecule has 0 spiro atoms. The van der Waals surface area contributed by atoms with Gasteiger partial charge in [-0.25, -0.2) is 0 Å². The van der Waals surface area contributed by atoms with E-state index >= 15 is 0 Å². The molecule has 0 atom stereocenters. The minimum atomic E-state index is -0.0135. The van der Waals surface area contributed by atoms with Crippen molar-refractivity contribution in [1.82, 2.24) is 19.7 Å². The van der Waals surface area contributed by atoms with Crippen molar-refractivity contribution in [3.63, 3.8) is 0 Å². The molecule has 1 saturated heterocycles. The van der Waals surface area contributed by atoms with E-state index in [0.29, 0.717) is 11.6 Å². The molecule has 1 aliphatic heterocycles. The third-order valence-corrected chi connectivity index (χ3v) is 4.99. The molecule has 3 aromatic rings. The van der Waals surface area contributed by atoms with Crippen molar-refractivity contribution >= 4 is 39.8 Å². The number of anilines is 2. The minimum Gasteiger partial charge on any atom is -0.368 e. The van der Waals surface area contributed by atoms with Crippen LogP contribution in [0.1, 0.15) is 0 Å². The topological polar surface area (TPSA) is 66.3 Å². The molecular weight excluding hydrogens is 364 g/mol. The molecule has 0 aliphatic carbocycles. The molecule has 1 aliphatic rings. The normalized spacial score (nSPS) is 15.3. The SMILES string of the molecule is Cn1cc(NC(=O)CN2CCN(c3ccnc4cc(Cl)ccc34)CC2)cn1. The molecule has 4 rings (SSSR count). The van der Waals surface area contributed by atoms with Crippen molar-refractivity contribution in [3.05, 3.63) is 47.9 Å². The highest BCUT2D eigenvalue weighted by Crippen LogP contribution is 2.28. The molecule has 7 nitrogen and oxygen atoms in total. The van der Waals surface area contributed by atoms with Gasteiger partial charge in [0.25, 0.3) is 0 Å². The Kier molecular flexibility index (Phi) is 4.96. The summed E-state index contributed by atoms with van der Waals surface area (Å²) in [6.07, 6.45) is 5.26. The number of aromatic nitrogens is 3. The number of aryl methyl sites for hydroxylation is 1. The zero-order valence-electron chi connectivity index (χ0n) is 15.1. The van der Waals surface area contributed by atoms with Crippen LogP contribution in [-0.2, 0) is 11.8 Å². The second kappa shape index (κ2) is 7.54. The predicted molar refractivity (Wildman–Crippen MR) is 107 cm³/mol. The second-order valence-corrected chi connectivity index (χ2v) is 7.14. The number of amides is 1. The lowest BCUT2D eigenvalue weighted by Crippen LogP contribution is -2.48. The second-order valence-electron chi connectivity index (χ2n) is 6.71. The fourth-order valence-electron chi connectivity index (χ4n) is 3.42. The Hall–Kier alpha value is -2.64. The first-order chi connectivity index (χ1) is 13.1. The number of hydrogen-bond acceptors (Lipinski definition) is 5. The van der Waals surface area contributed by atoms with E-state index in [-0.39, 0.29) is 5.91 Å². The average molecular weight is 385 g/mol. The lowest BCUT2D eigenvalue weighted by molar-refractivity contribution is -0.117. The molecule has 1 amide bonds. The minimum absolute atomic E-state index is 0.0135. The van der Waals surface area contributed by atoms with Gasteiger partial charge in [-0.2, -0.15) is 5.10 Å². The van der Waals surface area contributed by atoms with Crippen LogP contribution < -0.4 is 10.2 Å². The van der Waals surface area contributed by atoms with Crippen LogP contribution >= 0.6 is 11.6 Å². The number of fused-ring (bicyclic) bond motifs is 1. The van der Waals surface area contributed by atoms with Crippen molar-refractivity contribution in [2.75, 3.05) is 42.9 Å². The summed E-state index contributed by atoms with van der Waals surface area (Å²) in [5, 5.41) is 8.74. The molecule has 1 aromatic carbocycles. The van der Waals surface area contributed by atoms with Crippen LogP contribution in [0.3, 0.4) is 0 Å². The lowest BCUT2D eigenvalue weighted by Gasteiger charge is -2.36. The van der Waals surface area contributed by atoms with Crippen molar-refractivity contribution in [2.24, 2.45) is 7.05 Å². The Morgan fingerprint density at radius 1 is 1.22 bits per heavy atom. The maximum atomic E-state index is 12.2. The quantitative estimate of drug-likeness (QED) is 0.748. The summed E-state index contributed by atoms with van der Waals surface area (Å²) in [4.78, 5) is 21.1. The van der Waals surface area contributed by atoms with Gasteiger partial charge in [-0.05, 0) is 24.3 Å². The van der Waals surface area contributed by atoms with Crippen molar-refractivity contribution in [1.29, 1.82) is 0 Å². The predicted octanol–water partition coefficient (Wildman–Crippen LogP) is 2.38. The van der Waals surface area contributed by atoms with Crippen molar-refractivity contribution < 1.29 is 4.79 Å². The van der Waals surface area contributed by atoms with Gasteiger partial charge in [-0.3, -0.25) is 19.4 Å². The number of piperazine rings is 1. The van der Waals surface area contributed by atoms with E-state index in [1.807, 2.05) is 37.5 Å². The van der Waals surface area contributed by atoms with E-state index in [1.165, 1.54) is 0 Å². The molecule has 2 aromatic heterocycles. The van der Waals surface area contributed by atoms with Gasteiger partial charge in [0.2, 0.25) is 5.91 Å². The Balaban J connectivity index is 1.37. The van der Waals surface area contributed by atoms with Gasteiger partial charge in [0.15, 0.2) is 0 Å². The summed E-state index contributed by atoms with van der Waals surface area (Å²) in [6, 6.07) is 7.85. The van der Waals surface area contributed by atoms with Gasteiger partial charge in [0.05, 0.1) is 23.9 Å². The molecule has 0 unspecified atom stereocenters. The zero-order valence-corrected chi connectivity index (χ0v) is 15.9. The highest BCUT2D eigenvalue weighted by atomic mass is 35.5. The number of hydrogen-bond donors (Lipinski definition) is 1.